The van der Waals surface area contributed by atoms with Crippen molar-refractivity contribution < 1.29 is 9.53 Å². The molecule has 22 heavy (non-hydrogen) atoms. The monoisotopic (exact) mass is 317 g/mol. The van der Waals surface area contributed by atoms with Gasteiger partial charge >= 0.3 is 0 Å². The molecule has 0 bridgehead atoms. The third-order valence-corrected chi connectivity index (χ3v) is 3.60. The summed E-state index contributed by atoms with van der Waals surface area (Å²) in [7, 11) is 0. The summed E-state index contributed by atoms with van der Waals surface area (Å²) >= 11 is 5.84. The molecule has 1 N–H and O–H groups in total. The average Bonchev–Trinajstić information content (AvgIpc) is 2.50. The Kier molecular flexibility index (Phi) is 5.84. The van der Waals surface area contributed by atoms with Crippen LogP contribution in [0.1, 0.15) is 31.0 Å². The highest BCUT2D eigenvalue weighted by molar-refractivity contribution is 6.30. The number of amides is 1. The first-order valence-electron chi connectivity index (χ1n) is 7.35. The zero-order valence-electron chi connectivity index (χ0n) is 12.8. The van der Waals surface area contributed by atoms with E-state index in [1.807, 2.05) is 50.2 Å². The van der Waals surface area contributed by atoms with Gasteiger partial charge in [0.1, 0.15) is 5.75 Å². The Hall–Kier alpha value is -2.00. The third kappa shape index (κ3) is 4.78. The topological polar surface area (TPSA) is 38.3 Å². The fourth-order valence-corrected chi connectivity index (χ4v) is 2.31. The summed E-state index contributed by atoms with van der Waals surface area (Å²) in [4.78, 5) is 12.1. The molecule has 3 nitrogen and oxygen atoms in total. The van der Waals surface area contributed by atoms with Gasteiger partial charge in [0.25, 0.3) is 0 Å². The molecule has 0 aliphatic carbocycles. The maximum atomic E-state index is 12.1. The van der Waals surface area contributed by atoms with Crippen LogP contribution in [-0.4, -0.2) is 12.5 Å². The summed E-state index contributed by atoms with van der Waals surface area (Å²) in [6.07, 6.45) is 0.346. The van der Waals surface area contributed by atoms with E-state index >= 15 is 0 Å². The van der Waals surface area contributed by atoms with Crippen molar-refractivity contribution in [2.75, 3.05) is 6.61 Å². The van der Waals surface area contributed by atoms with E-state index in [4.69, 9.17) is 16.3 Å². The summed E-state index contributed by atoms with van der Waals surface area (Å²) in [5.74, 6) is 0.828. The second kappa shape index (κ2) is 7.85. The van der Waals surface area contributed by atoms with Crippen LogP contribution in [0.2, 0.25) is 5.02 Å². The van der Waals surface area contributed by atoms with E-state index in [2.05, 4.69) is 5.32 Å². The minimum Gasteiger partial charge on any atom is -0.494 e. The molecule has 0 heterocycles. The quantitative estimate of drug-likeness (QED) is 0.868. The molecule has 4 heteroatoms. The molecule has 0 fully saturated rings. The van der Waals surface area contributed by atoms with E-state index in [0.717, 1.165) is 16.9 Å². The van der Waals surface area contributed by atoms with Gasteiger partial charge in [-0.25, -0.2) is 0 Å². The van der Waals surface area contributed by atoms with E-state index in [1.54, 1.807) is 12.1 Å². The maximum absolute atomic E-state index is 12.1. The highest BCUT2D eigenvalue weighted by Crippen LogP contribution is 2.18. The van der Waals surface area contributed by atoms with E-state index in [-0.39, 0.29) is 11.9 Å². The Bertz CT molecular complexity index is 608. The van der Waals surface area contributed by atoms with E-state index < -0.39 is 0 Å². The predicted octanol–water partition coefficient (Wildman–Crippen LogP) is 4.16. The molecular weight excluding hydrogens is 298 g/mol. The summed E-state index contributed by atoms with van der Waals surface area (Å²) in [6, 6.07) is 15.0. The molecule has 2 aromatic rings. The summed E-state index contributed by atoms with van der Waals surface area (Å²) in [5.41, 5.74) is 1.99. The van der Waals surface area contributed by atoms with Gasteiger partial charge in [-0.1, -0.05) is 35.9 Å². The molecule has 2 aromatic carbocycles. The Morgan fingerprint density at radius 3 is 2.36 bits per heavy atom. The second-order valence-corrected chi connectivity index (χ2v) is 5.53. The number of carbonyl (C=O) groups excluding carboxylic acids is 1. The minimum atomic E-state index is -0.0459. The van der Waals surface area contributed by atoms with Crippen LogP contribution < -0.4 is 10.1 Å². The molecule has 0 saturated heterocycles. The lowest BCUT2D eigenvalue weighted by Crippen LogP contribution is -2.28. The zero-order valence-corrected chi connectivity index (χ0v) is 13.6. The van der Waals surface area contributed by atoms with Crippen molar-refractivity contribution >= 4 is 17.5 Å². The van der Waals surface area contributed by atoms with Gasteiger partial charge in [0.2, 0.25) is 5.91 Å². The highest BCUT2D eigenvalue weighted by Gasteiger charge is 2.10. The largest absolute Gasteiger partial charge is 0.494 e. The number of ether oxygens (including phenoxy) is 1. The van der Waals surface area contributed by atoms with Crippen molar-refractivity contribution in [1.29, 1.82) is 0 Å². The first kappa shape index (κ1) is 16.4. The molecule has 0 aliphatic heterocycles. The number of rotatable bonds is 6. The SMILES string of the molecule is CCOc1ccc([C@@H](C)NC(=O)Cc2ccc(Cl)cc2)cc1. The Balaban J connectivity index is 1.91. The molecule has 0 spiro atoms. The zero-order chi connectivity index (χ0) is 15.9. The smallest absolute Gasteiger partial charge is 0.224 e. The normalized spacial score (nSPS) is 11.8. The van der Waals surface area contributed by atoms with Gasteiger partial charge in [0.15, 0.2) is 0 Å². The maximum Gasteiger partial charge on any atom is 0.224 e. The lowest BCUT2D eigenvalue weighted by Gasteiger charge is -2.15. The number of carbonyl (C=O) groups is 1. The molecule has 1 amide bonds. The number of hydrogen-bond acceptors (Lipinski definition) is 2. The molecule has 2 rings (SSSR count). The molecule has 0 saturated carbocycles. The van der Waals surface area contributed by atoms with E-state index in [0.29, 0.717) is 18.1 Å². The van der Waals surface area contributed by atoms with Gasteiger partial charge in [-0.3, -0.25) is 4.79 Å². The van der Waals surface area contributed by atoms with Crippen LogP contribution in [0.5, 0.6) is 5.75 Å². The van der Waals surface area contributed by atoms with Crippen molar-refractivity contribution in [2.24, 2.45) is 0 Å². The van der Waals surface area contributed by atoms with Crippen LogP contribution in [0.25, 0.3) is 0 Å². The van der Waals surface area contributed by atoms with Crippen molar-refractivity contribution in [3.05, 3.63) is 64.7 Å². The summed E-state index contributed by atoms with van der Waals surface area (Å²) in [6.45, 7) is 4.57. The molecule has 116 valence electrons. The molecule has 1 atom stereocenters. The van der Waals surface area contributed by atoms with Gasteiger partial charge < -0.3 is 10.1 Å². The second-order valence-electron chi connectivity index (χ2n) is 5.09. The van der Waals surface area contributed by atoms with Crippen LogP contribution in [-0.2, 0) is 11.2 Å². The van der Waals surface area contributed by atoms with Crippen molar-refractivity contribution in [1.82, 2.24) is 5.32 Å². The van der Waals surface area contributed by atoms with Crippen LogP contribution in [0, 0.1) is 0 Å². The van der Waals surface area contributed by atoms with Crippen LogP contribution in [0.15, 0.2) is 48.5 Å². The fraction of sp³-hybridized carbons (Fsp3) is 0.278. The average molecular weight is 318 g/mol. The van der Waals surface area contributed by atoms with Gasteiger partial charge in [-0.05, 0) is 49.2 Å². The van der Waals surface area contributed by atoms with Crippen LogP contribution in [0.4, 0.5) is 0 Å². The van der Waals surface area contributed by atoms with Crippen LogP contribution >= 0.6 is 11.6 Å². The standard InChI is InChI=1S/C18H20ClNO2/c1-3-22-17-10-6-15(7-11-17)13(2)20-18(21)12-14-4-8-16(19)9-5-14/h4-11,13H,3,12H2,1-2H3,(H,20,21)/t13-/m1/s1. The predicted molar refractivity (Wildman–Crippen MR) is 89.3 cm³/mol. The van der Waals surface area contributed by atoms with Crippen molar-refractivity contribution in [2.45, 2.75) is 26.3 Å². The lowest BCUT2D eigenvalue weighted by atomic mass is 10.1. The molecule has 0 aromatic heterocycles. The Morgan fingerprint density at radius 1 is 1.14 bits per heavy atom. The highest BCUT2D eigenvalue weighted by atomic mass is 35.5. The van der Waals surface area contributed by atoms with Gasteiger partial charge in [-0.15, -0.1) is 0 Å². The first-order valence-corrected chi connectivity index (χ1v) is 7.73. The third-order valence-electron chi connectivity index (χ3n) is 3.35. The van der Waals surface area contributed by atoms with E-state index in [9.17, 15) is 4.79 Å². The number of benzene rings is 2. The van der Waals surface area contributed by atoms with Gasteiger partial charge in [0.05, 0.1) is 19.1 Å². The Labute approximate surface area is 136 Å². The molecule has 0 radical (unpaired) electrons. The first-order chi connectivity index (χ1) is 10.6. The Morgan fingerprint density at radius 2 is 1.77 bits per heavy atom. The van der Waals surface area contributed by atoms with Crippen LogP contribution in [0.3, 0.4) is 0 Å². The number of halogens is 1. The molecule has 0 unspecified atom stereocenters. The number of nitrogens with one attached hydrogen (secondary N) is 1. The summed E-state index contributed by atoms with van der Waals surface area (Å²) in [5, 5.41) is 3.67. The number of hydrogen-bond donors (Lipinski definition) is 1. The molecule has 0 aliphatic rings. The van der Waals surface area contributed by atoms with Crippen molar-refractivity contribution in [3.63, 3.8) is 0 Å². The van der Waals surface area contributed by atoms with E-state index in [1.165, 1.54) is 0 Å². The van der Waals surface area contributed by atoms with Gasteiger partial charge in [-0.2, -0.15) is 0 Å². The van der Waals surface area contributed by atoms with Gasteiger partial charge in [0, 0.05) is 5.02 Å². The van der Waals surface area contributed by atoms with Crippen molar-refractivity contribution in [3.8, 4) is 5.75 Å². The lowest BCUT2D eigenvalue weighted by molar-refractivity contribution is -0.121. The summed E-state index contributed by atoms with van der Waals surface area (Å²) < 4.78 is 5.41. The fourth-order valence-electron chi connectivity index (χ4n) is 2.18. The minimum absolute atomic E-state index is 0.0105. The molecular formula is C18H20ClNO2.